The molecule has 0 saturated carbocycles. The summed E-state index contributed by atoms with van der Waals surface area (Å²) >= 11 is 5.73. The monoisotopic (exact) mass is 1220 g/mol. The van der Waals surface area contributed by atoms with Gasteiger partial charge in [-0.1, -0.05) is 42.5 Å². The highest BCUT2D eigenvalue weighted by Crippen LogP contribution is 2.44. The number of nitrogens with zero attached hydrogens (tertiary/aromatic N) is 3. The molecule has 0 aliphatic rings. The normalized spacial score (nSPS) is 11.4. The van der Waals surface area contributed by atoms with Gasteiger partial charge < -0.3 is 29.9 Å². The van der Waals surface area contributed by atoms with E-state index in [1.807, 2.05) is 74.5 Å². The zero-order chi connectivity index (χ0) is 61.2. The lowest BCUT2D eigenvalue weighted by molar-refractivity contribution is 0.0956. The number of rotatable bonds is 12. The van der Waals surface area contributed by atoms with Crippen LogP contribution in [0.2, 0.25) is 0 Å². The summed E-state index contributed by atoms with van der Waals surface area (Å²) in [7, 11) is 0.217. The SMILES string of the molecule is CNC(=O)c1c(-c2ccc(F)cc2)oc2cc(N(C)S(C)(=O)=O)c(-c3cccc(-c4nc5ccc(C)cc5s4)c3)cc12.CNC(=O)c1c(-c2ccc(F)cc2)oc2cc(N(C)S(C)(=O)=O)c(-c3cccc(OC)c3)cc12.Cc1ccc(N)c(S)c1. The molecule has 4 N–H and O–H groups in total. The summed E-state index contributed by atoms with van der Waals surface area (Å²) in [6.45, 7) is 4.05. The molecule has 3 heterocycles. The minimum atomic E-state index is -3.66. The number of benzene rings is 8. The summed E-state index contributed by atoms with van der Waals surface area (Å²) in [6, 6.07) is 44.7. The number of hydrogen-bond donors (Lipinski definition) is 4. The number of nitrogens with two attached hydrogens (primary N) is 1. The third-order valence-corrected chi connectivity index (χ3v) is 17.8. The number of thiol groups is 1. The van der Waals surface area contributed by atoms with Gasteiger partial charge in [-0.25, -0.2) is 30.6 Å². The fourth-order valence-electron chi connectivity index (χ4n) is 9.33. The highest BCUT2D eigenvalue weighted by Gasteiger charge is 2.28. The minimum absolute atomic E-state index is 0.255. The first kappa shape index (κ1) is 60.6. The Morgan fingerprint density at radius 2 is 1.06 bits per heavy atom. The summed E-state index contributed by atoms with van der Waals surface area (Å²) in [5.41, 5.74) is 15.9. The van der Waals surface area contributed by atoms with Crippen molar-refractivity contribution < 1.29 is 48.8 Å². The highest BCUT2D eigenvalue weighted by molar-refractivity contribution is 7.92. The van der Waals surface area contributed by atoms with Gasteiger partial charge in [-0.2, -0.15) is 0 Å². The molecule has 3 aromatic heterocycles. The van der Waals surface area contributed by atoms with Crippen molar-refractivity contribution in [1.82, 2.24) is 15.6 Å². The van der Waals surface area contributed by atoms with Crippen molar-refractivity contribution in [2.45, 2.75) is 18.7 Å². The molecule has 85 heavy (non-hydrogen) atoms. The molecule has 0 saturated heterocycles. The number of sulfonamides is 2. The molecule has 11 rings (SSSR count). The maximum Gasteiger partial charge on any atom is 0.255 e. The molecular weight excluding hydrogens is 1160 g/mol. The fraction of sp³-hybridized carbons (Fsp3) is 0.141. The predicted molar refractivity (Wildman–Crippen MR) is 340 cm³/mol. The molecule has 0 bridgehead atoms. The molecule has 436 valence electrons. The number of methoxy groups -OCH3 is 1. The van der Waals surface area contributed by atoms with Crippen molar-refractivity contribution in [3.05, 3.63) is 192 Å². The number of carbonyl (C=O) groups excluding carboxylic acids is 2. The van der Waals surface area contributed by atoms with Gasteiger partial charge in [0.1, 0.15) is 45.1 Å². The van der Waals surface area contributed by atoms with Crippen LogP contribution in [0.1, 0.15) is 31.8 Å². The number of hydrogen-bond acceptors (Lipinski definition) is 13. The van der Waals surface area contributed by atoms with Gasteiger partial charge in [-0.3, -0.25) is 18.2 Å². The zero-order valence-corrected chi connectivity index (χ0v) is 50.9. The Morgan fingerprint density at radius 1 is 0.600 bits per heavy atom. The Labute approximate surface area is 500 Å². The molecule has 0 spiro atoms. The number of aryl methyl sites for hydroxylation is 2. The molecule has 0 atom stereocenters. The van der Waals surface area contributed by atoms with E-state index in [2.05, 4.69) is 29.3 Å². The van der Waals surface area contributed by atoms with Gasteiger partial charge >= 0.3 is 0 Å². The number of fused-ring (bicyclic) bond motifs is 3. The number of aromatic nitrogens is 1. The number of thiazole rings is 1. The number of carbonyl (C=O) groups is 2. The average Bonchev–Trinajstić information content (AvgIpc) is 2.15. The Balaban J connectivity index is 0.000000180. The fourth-order valence-corrected chi connectivity index (χ4v) is 11.7. The van der Waals surface area contributed by atoms with Gasteiger partial charge in [-0.05, 0) is 139 Å². The molecule has 15 nitrogen and oxygen atoms in total. The van der Waals surface area contributed by atoms with Crippen molar-refractivity contribution in [1.29, 1.82) is 0 Å². The van der Waals surface area contributed by atoms with E-state index < -0.39 is 31.7 Å². The lowest BCUT2D eigenvalue weighted by Crippen LogP contribution is -2.25. The zero-order valence-electron chi connectivity index (χ0n) is 47.5. The second-order valence-corrected chi connectivity index (χ2v) is 25.4. The van der Waals surface area contributed by atoms with E-state index in [-0.39, 0.29) is 34.5 Å². The van der Waals surface area contributed by atoms with Crippen LogP contribution in [0.4, 0.5) is 25.8 Å². The molecule has 21 heteroatoms. The van der Waals surface area contributed by atoms with E-state index >= 15 is 0 Å². The minimum Gasteiger partial charge on any atom is -0.497 e. The van der Waals surface area contributed by atoms with Crippen LogP contribution < -0.4 is 29.7 Å². The predicted octanol–water partition coefficient (Wildman–Crippen LogP) is 13.8. The smallest absolute Gasteiger partial charge is 0.255 e. The first-order valence-electron chi connectivity index (χ1n) is 26.1. The van der Waals surface area contributed by atoms with Crippen molar-refractivity contribution in [2.24, 2.45) is 0 Å². The van der Waals surface area contributed by atoms with Crippen molar-refractivity contribution in [3.8, 4) is 61.2 Å². The molecule has 0 aliphatic heterocycles. The Kier molecular flexibility index (Phi) is 17.6. The van der Waals surface area contributed by atoms with Crippen LogP contribution in [0, 0.1) is 25.5 Å². The van der Waals surface area contributed by atoms with E-state index in [1.54, 1.807) is 60.9 Å². The topological polar surface area (TPSA) is 207 Å². The number of nitrogens with one attached hydrogen (secondary N) is 2. The first-order chi connectivity index (χ1) is 40.4. The third kappa shape index (κ3) is 13.0. The molecule has 11 aromatic rings. The number of nitrogen functional groups attached to an aromatic ring is 1. The van der Waals surface area contributed by atoms with Crippen LogP contribution in [-0.2, 0) is 20.0 Å². The first-order valence-corrected chi connectivity index (χ1v) is 31.1. The van der Waals surface area contributed by atoms with Crippen molar-refractivity contribution in [2.75, 3.05) is 62.2 Å². The third-order valence-electron chi connectivity index (χ3n) is 13.9. The number of halogens is 2. The van der Waals surface area contributed by atoms with Gasteiger partial charge in [-0.15, -0.1) is 24.0 Å². The molecule has 2 amide bonds. The largest absolute Gasteiger partial charge is 0.497 e. The number of furan rings is 2. The number of amides is 2. The molecule has 0 unspecified atom stereocenters. The Bertz CT molecular complexity index is 4600. The lowest BCUT2D eigenvalue weighted by Gasteiger charge is -2.21. The molecule has 0 fully saturated rings. The van der Waals surface area contributed by atoms with Gasteiger partial charge in [0.2, 0.25) is 20.0 Å². The van der Waals surface area contributed by atoms with Crippen LogP contribution in [0.15, 0.2) is 171 Å². The van der Waals surface area contributed by atoms with Crippen LogP contribution in [-0.4, -0.2) is 81.4 Å². The van der Waals surface area contributed by atoms with E-state index in [4.69, 9.17) is 24.3 Å². The van der Waals surface area contributed by atoms with Gasteiger partial charge in [0.05, 0.1) is 52.3 Å². The van der Waals surface area contributed by atoms with Crippen molar-refractivity contribution in [3.63, 3.8) is 0 Å². The molecule has 0 radical (unpaired) electrons. The van der Waals surface area contributed by atoms with Gasteiger partial charge in [0.25, 0.3) is 11.8 Å². The standard InChI is InChI=1S/C32H26FN3O4S2.C25H23FN2O5S.C7H9NS/c1-18-8-13-25-28(14-18)41-32(35-25)21-7-5-6-20(15-21)23-16-24-27(17-26(23)36(3)42(4,38)39)40-30(29(24)31(37)34-2)19-9-11-22(33)12-10-19;1-27-25(29)23-20-13-19(16-6-5-7-18(12-16)32-3)21(28(2)34(4,30)31)14-22(20)33-24(23)15-8-10-17(26)11-9-15;1-5-2-3-6(8)7(9)4-5/h5-17H,1-4H3,(H,34,37);5-14H,1-4H3,(H,27,29);2-4,9H,8H2,1H3. The summed E-state index contributed by atoms with van der Waals surface area (Å²) < 4.78 is 98.5. The van der Waals surface area contributed by atoms with Crippen LogP contribution in [0.5, 0.6) is 5.75 Å². The van der Waals surface area contributed by atoms with E-state index in [9.17, 15) is 35.2 Å². The van der Waals surface area contributed by atoms with E-state index in [1.165, 1.54) is 86.6 Å². The molecule has 0 aliphatic carbocycles. The lowest BCUT2D eigenvalue weighted by atomic mass is 9.97. The quantitative estimate of drug-likeness (QED) is 0.0668. The molecule has 8 aromatic carbocycles. The summed E-state index contributed by atoms with van der Waals surface area (Å²) in [5, 5.41) is 7.10. The summed E-state index contributed by atoms with van der Waals surface area (Å²) in [4.78, 5) is 31.7. The second-order valence-electron chi connectivity index (χ2n) is 19.8. The van der Waals surface area contributed by atoms with E-state index in [0.717, 1.165) is 59.3 Å². The van der Waals surface area contributed by atoms with Crippen molar-refractivity contribution >= 4 is 105 Å². The van der Waals surface area contributed by atoms with Crippen LogP contribution in [0.3, 0.4) is 0 Å². The number of anilines is 3. The van der Waals surface area contributed by atoms with Gasteiger partial charge in [0, 0.05) is 89.5 Å². The van der Waals surface area contributed by atoms with Crippen LogP contribution >= 0.6 is 24.0 Å². The average molecular weight is 1220 g/mol. The maximum absolute atomic E-state index is 13.7. The van der Waals surface area contributed by atoms with Crippen LogP contribution in [0.25, 0.3) is 87.6 Å². The van der Waals surface area contributed by atoms with E-state index in [0.29, 0.717) is 66.9 Å². The van der Waals surface area contributed by atoms with Gasteiger partial charge in [0.15, 0.2) is 0 Å². The number of ether oxygens (including phenoxy) is 1. The Hall–Kier alpha value is -9.02. The highest BCUT2D eigenvalue weighted by atomic mass is 32.2. The summed E-state index contributed by atoms with van der Waals surface area (Å²) in [5.74, 6) is -0.507. The molecular formula is C64H58F2N6O9S4. The summed E-state index contributed by atoms with van der Waals surface area (Å²) in [6.07, 6.45) is 2.23. The second kappa shape index (κ2) is 24.7. The Morgan fingerprint density at radius 3 is 1.52 bits per heavy atom. The maximum atomic E-state index is 13.7.